The molecular formula is C22H30N4O2. The van der Waals surface area contributed by atoms with Crippen LogP contribution in [0.3, 0.4) is 0 Å². The molecule has 0 unspecified atom stereocenters. The number of piperidine rings is 1. The average Bonchev–Trinajstić information content (AvgIpc) is 3.19. The summed E-state index contributed by atoms with van der Waals surface area (Å²) in [5.41, 5.74) is 1.89. The fraction of sp³-hybridized carbons (Fsp3) is 0.500. The average molecular weight is 383 g/mol. The Morgan fingerprint density at radius 3 is 2.39 bits per heavy atom. The van der Waals surface area contributed by atoms with E-state index in [-0.39, 0.29) is 23.1 Å². The van der Waals surface area contributed by atoms with Crippen molar-refractivity contribution in [2.75, 3.05) is 13.1 Å². The third-order valence-electron chi connectivity index (χ3n) is 5.26. The van der Waals surface area contributed by atoms with Gasteiger partial charge in [-0.05, 0) is 30.0 Å². The zero-order valence-corrected chi connectivity index (χ0v) is 17.0. The Kier molecular flexibility index (Phi) is 6.17. The smallest absolute Gasteiger partial charge is 0.227 e. The first kappa shape index (κ1) is 20.1. The molecule has 2 heterocycles. The minimum absolute atomic E-state index is 0.0257. The molecule has 6 nitrogen and oxygen atoms in total. The second-order valence-electron chi connectivity index (χ2n) is 8.51. The molecule has 3 rings (SSSR count). The number of hydrogen-bond donors (Lipinski definition) is 1. The van der Waals surface area contributed by atoms with E-state index in [1.807, 2.05) is 60.8 Å². The first-order chi connectivity index (χ1) is 13.3. The number of carbonyl (C=O) groups is 2. The highest BCUT2D eigenvalue weighted by atomic mass is 16.2. The van der Waals surface area contributed by atoms with Crippen molar-refractivity contribution in [3.05, 3.63) is 53.9 Å². The molecule has 1 aromatic heterocycles. The van der Waals surface area contributed by atoms with Crippen molar-refractivity contribution < 1.29 is 9.59 Å². The summed E-state index contributed by atoms with van der Waals surface area (Å²) in [6.07, 6.45) is 5.15. The molecule has 1 N–H and O–H groups in total. The number of likely N-dealkylation sites (tertiary alicyclic amines) is 1. The van der Waals surface area contributed by atoms with E-state index in [1.165, 1.54) is 0 Å². The quantitative estimate of drug-likeness (QED) is 0.865. The van der Waals surface area contributed by atoms with Gasteiger partial charge in [0, 0.05) is 43.4 Å². The van der Waals surface area contributed by atoms with Gasteiger partial charge in [-0.1, -0.05) is 45.0 Å². The first-order valence-corrected chi connectivity index (χ1v) is 9.96. The normalized spacial score (nSPS) is 15.5. The lowest BCUT2D eigenvalue weighted by molar-refractivity contribution is -0.142. The zero-order valence-electron chi connectivity index (χ0n) is 17.0. The van der Waals surface area contributed by atoms with Crippen LogP contribution in [-0.2, 0) is 22.7 Å². The lowest BCUT2D eigenvalue weighted by Crippen LogP contribution is -2.46. The molecule has 0 aliphatic carbocycles. The summed E-state index contributed by atoms with van der Waals surface area (Å²) in [5, 5.41) is 7.35. The molecule has 28 heavy (non-hydrogen) atoms. The minimum atomic E-state index is -0.368. The monoisotopic (exact) mass is 382 g/mol. The predicted molar refractivity (Wildman–Crippen MR) is 108 cm³/mol. The highest BCUT2D eigenvalue weighted by molar-refractivity contribution is 5.82. The molecule has 2 amide bonds. The van der Waals surface area contributed by atoms with E-state index < -0.39 is 0 Å². The van der Waals surface area contributed by atoms with Gasteiger partial charge in [-0.2, -0.15) is 5.10 Å². The van der Waals surface area contributed by atoms with Crippen molar-refractivity contribution in [1.82, 2.24) is 20.0 Å². The van der Waals surface area contributed by atoms with Gasteiger partial charge in [0.1, 0.15) is 0 Å². The molecule has 0 radical (unpaired) electrons. The van der Waals surface area contributed by atoms with Crippen molar-refractivity contribution in [1.29, 1.82) is 0 Å². The molecule has 0 bridgehead atoms. The van der Waals surface area contributed by atoms with Crippen LogP contribution in [0.15, 0.2) is 42.7 Å². The number of nitrogens with one attached hydrogen (secondary N) is 1. The van der Waals surface area contributed by atoms with Crippen LogP contribution in [0.1, 0.15) is 44.7 Å². The molecule has 6 heteroatoms. The number of hydrogen-bond acceptors (Lipinski definition) is 3. The van der Waals surface area contributed by atoms with Gasteiger partial charge in [-0.25, -0.2) is 0 Å². The van der Waals surface area contributed by atoms with Gasteiger partial charge in [0.05, 0.1) is 6.54 Å². The second kappa shape index (κ2) is 8.59. The maximum absolute atomic E-state index is 12.6. The molecular weight excluding hydrogens is 352 g/mol. The number of aromatic nitrogens is 2. The molecule has 1 aromatic carbocycles. The number of rotatable bonds is 5. The van der Waals surface area contributed by atoms with Crippen LogP contribution in [0.25, 0.3) is 0 Å². The van der Waals surface area contributed by atoms with Crippen LogP contribution in [0.5, 0.6) is 0 Å². The van der Waals surface area contributed by atoms with Gasteiger partial charge in [-0.15, -0.1) is 0 Å². The third-order valence-corrected chi connectivity index (χ3v) is 5.26. The summed E-state index contributed by atoms with van der Waals surface area (Å²) in [4.78, 5) is 26.9. The van der Waals surface area contributed by atoms with Crippen LogP contribution in [0, 0.1) is 11.3 Å². The molecule has 0 saturated carbocycles. The summed E-state index contributed by atoms with van der Waals surface area (Å²) in [7, 11) is 0. The SMILES string of the molecule is CC(C)(C)C(=O)N1CCC(C(=O)NCc2ccccc2Cn2cccn2)CC1. The standard InChI is InChI=1S/C22H30N4O2/c1-22(2,3)21(28)25-13-9-17(10-14-25)20(27)23-15-18-7-4-5-8-19(18)16-26-12-6-11-24-26/h4-8,11-12,17H,9-10,13-16H2,1-3H3,(H,23,27). The number of benzene rings is 1. The van der Waals surface area contributed by atoms with Crippen LogP contribution >= 0.6 is 0 Å². The summed E-state index contributed by atoms with van der Waals surface area (Å²) in [6, 6.07) is 10.0. The Hall–Kier alpha value is -2.63. The van der Waals surface area contributed by atoms with Gasteiger partial charge >= 0.3 is 0 Å². The Morgan fingerprint density at radius 2 is 1.79 bits per heavy atom. The van der Waals surface area contributed by atoms with Crippen LogP contribution < -0.4 is 5.32 Å². The molecule has 1 fully saturated rings. The topological polar surface area (TPSA) is 67.2 Å². The highest BCUT2D eigenvalue weighted by Gasteiger charge is 2.32. The Morgan fingerprint density at radius 1 is 1.11 bits per heavy atom. The van der Waals surface area contributed by atoms with E-state index in [2.05, 4.69) is 16.5 Å². The van der Waals surface area contributed by atoms with Crippen molar-refractivity contribution in [2.24, 2.45) is 11.3 Å². The summed E-state index contributed by atoms with van der Waals surface area (Å²) >= 11 is 0. The Bertz CT molecular complexity index is 800. The maximum atomic E-state index is 12.6. The molecule has 1 aliphatic heterocycles. The second-order valence-corrected chi connectivity index (χ2v) is 8.51. The van der Waals surface area contributed by atoms with E-state index in [9.17, 15) is 9.59 Å². The predicted octanol–water partition coefficient (Wildman–Crippen LogP) is 2.83. The van der Waals surface area contributed by atoms with E-state index in [1.54, 1.807) is 6.20 Å². The van der Waals surface area contributed by atoms with E-state index in [4.69, 9.17) is 0 Å². The van der Waals surface area contributed by atoms with Gasteiger partial charge in [0.15, 0.2) is 0 Å². The fourth-order valence-electron chi connectivity index (χ4n) is 3.60. The van der Waals surface area contributed by atoms with E-state index in [0.29, 0.717) is 26.2 Å². The largest absolute Gasteiger partial charge is 0.352 e. The summed E-state index contributed by atoms with van der Waals surface area (Å²) in [6.45, 7) is 8.33. The lowest BCUT2D eigenvalue weighted by atomic mass is 9.90. The maximum Gasteiger partial charge on any atom is 0.227 e. The highest BCUT2D eigenvalue weighted by Crippen LogP contribution is 2.23. The fourth-order valence-corrected chi connectivity index (χ4v) is 3.60. The van der Waals surface area contributed by atoms with Crippen molar-refractivity contribution in [3.8, 4) is 0 Å². The van der Waals surface area contributed by atoms with Crippen LogP contribution in [0.2, 0.25) is 0 Å². The van der Waals surface area contributed by atoms with E-state index in [0.717, 1.165) is 24.0 Å². The number of amides is 2. The number of nitrogens with zero attached hydrogens (tertiary/aromatic N) is 3. The van der Waals surface area contributed by atoms with Crippen molar-refractivity contribution >= 4 is 11.8 Å². The van der Waals surface area contributed by atoms with Gasteiger partial charge in [0.25, 0.3) is 0 Å². The minimum Gasteiger partial charge on any atom is -0.352 e. The summed E-state index contributed by atoms with van der Waals surface area (Å²) < 4.78 is 1.88. The van der Waals surface area contributed by atoms with Gasteiger partial charge < -0.3 is 10.2 Å². The molecule has 2 aromatic rings. The van der Waals surface area contributed by atoms with Crippen molar-refractivity contribution in [3.63, 3.8) is 0 Å². The Balaban J connectivity index is 1.52. The summed E-state index contributed by atoms with van der Waals surface area (Å²) in [5.74, 6) is 0.220. The first-order valence-electron chi connectivity index (χ1n) is 9.96. The van der Waals surface area contributed by atoms with Gasteiger partial charge in [-0.3, -0.25) is 14.3 Å². The molecule has 1 saturated heterocycles. The number of carbonyl (C=O) groups excluding carboxylic acids is 2. The van der Waals surface area contributed by atoms with E-state index >= 15 is 0 Å². The van der Waals surface area contributed by atoms with Crippen LogP contribution in [0.4, 0.5) is 0 Å². The third kappa shape index (κ3) is 5.00. The molecule has 1 aliphatic rings. The molecule has 0 spiro atoms. The molecule has 0 atom stereocenters. The Labute approximate surface area is 166 Å². The zero-order chi connectivity index (χ0) is 20.1. The van der Waals surface area contributed by atoms with Crippen molar-refractivity contribution in [2.45, 2.75) is 46.7 Å². The molecule has 150 valence electrons. The lowest BCUT2D eigenvalue weighted by Gasteiger charge is -2.35. The van der Waals surface area contributed by atoms with Crippen LogP contribution in [-0.4, -0.2) is 39.6 Å². The van der Waals surface area contributed by atoms with Gasteiger partial charge in [0.2, 0.25) is 11.8 Å².